The number of ether oxygens (including phenoxy) is 1. The van der Waals surface area contributed by atoms with Crippen LogP contribution in [0.25, 0.3) is 11.0 Å². The summed E-state index contributed by atoms with van der Waals surface area (Å²) in [5.74, 6) is 1.04. The van der Waals surface area contributed by atoms with Crippen LogP contribution in [0.5, 0.6) is 0 Å². The molecular formula is C25H32N4O3. The Morgan fingerprint density at radius 2 is 2.03 bits per heavy atom. The average molecular weight is 437 g/mol. The van der Waals surface area contributed by atoms with Crippen LogP contribution in [0, 0.1) is 0 Å². The molecule has 3 aromatic rings. The number of amides is 1. The van der Waals surface area contributed by atoms with Gasteiger partial charge in [0.1, 0.15) is 11.4 Å². The molecule has 4 rings (SSSR count). The number of pyridine rings is 1. The second kappa shape index (κ2) is 10.1. The van der Waals surface area contributed by atoms with Gasteiger partial charge in [-0.15, -0.1) is 0 Å². The van der Waals surface area contributed by atoms with Crippen LogP contribution >= 0.6 is 0 Å². The van der Waals surface area contributed by atoms with E-state index in [1.165, 1.54) is 0 Å². The molecule has 0 N–H and O–H groups in total. The van der Waals surface area contributed by atoms with Crippen molar-refractivity contribution in [3.63, 3.8) is 0 Å². The lowest BCUT2D eigenvalue weighted by Gasteiger charge is -2.32. The molecule has 3 heterocycles. The van der Waals surface area contributed by atoms with Gasteiger partial charge in [0.25, 0.3) is 11.5 Å². The van der Waals surface area contributed by atoms with Gasteiger partial charge >= 0.3 is 0 Å². The van der Waals surface area contributed by atoms with Crippen molar-refractivity contribution in [2.75, 3.05) is 26.8 Å². The highest BCUT2D eigenvalue weighted by molar-refractivity contribution is 5.94. The van der Waals surface area contributed by atoms with Gasteiger partial charge in [-0.1, -0.05) is 19.1 Å². The van der Waals surface area contributed by atoms with E-state index in [1.807, 2.05) is 23.1 Å². The number of methoxy groups -OCH3 is 1. The minimum atomic E-state index is -0.228. The van der Waals surface area contributed by atoms with Crippen molar-refractivity contribution in [2.24, 2.45) is 0 Å². The Bertz CT molecular complexity index is 1130. The lowest BCUT2D eigenvalue weighted by molar-refractivity contribution is 0.0701. The molecule has 0 spiro atoms. The Kier molecular flexibility index (Phi) is 7.05. The molecule has 7 nitrogen and oxygen atoms in total. The van der Waals surface area contributed by atoms with E-state index in [-0.39, 0.29) is 22.9 Å². The lowest BCUT2D eigenvalue weighted by atomic mass is 9.96. The minimum absolute atomic E-state index is 0.166. The maximum atomic E-state index is 13.3. The molecule has 1 amide bonds. The highest BCUT2D eigenvalue weighted by atomic mass is 16.5. The van der Waals surface area contributed by atoms with Crippen molar-refractivity contribution in [3.05, 3.63) is 64.3 Å². The highest BCUT2D eigenvalue weighted by Gasteiger charge is 2.30. The summed E-state index contributed by atoms with van der Waals surface area (Å²) in [4.78, 5) is 33.0. The van der Waals surface area contributed by atoms with Crippen molar-refractivity contribution in [1.29, 1.82) is 0 Å². The largest absolute Gasteiger partial charge is 0.385 e. The quantitative estimate of drug-likeness (QED) is 0.505. The predicted molar refractivity (Wildman–Crippen MR) is 125 cm³/mol. The minimum Gasteiger partial charge on any atom is -0.385 e. The topological polar surface area (TPSA) is 69.4 Å². The molecule has 0 radical (unpaired) electrons. The molecule has 1 fully saturated rings. The number of rotatable bonds is 8. The maximum Gasteiger partial charge on any atom is 0.263 e. The number of aryl methyl sites for hydroxylation is 2. The number of aromatic nitrogens is 3. The Hall–Kier alpha value is -2.93. The number of carbonyl (C=O) groups excluding carboxylic acids is 1. The van der Waals surface area contributed by atoms with Gasteiger partial charge in [-0.2, -0.15) is 0 Å². The van der Waals surface area contributed by atoms with Crippen LogP contribution in [0.3, 0.4) is 0 Å². The monoisotopic (exact) mass is 436 g/mol. The number of carbonyl (C=O) groups is 1. The molecule has 7 heteroatoms. The molecule has 1 aliphatic rings. The summed E-state index contributed by atoms with van der Waals surface area (Å²) < 4.78 is 8.99. The number of likely N-dealkylation sites (tertiary alicyclic amines) is 1. The Labute approximate surface area is 188 Å². The first kappa shape index (κ1) is 22.3. The summed E-state index contributed by atoms with van der Waals surface area (Å²) in [5, 5.41) is 0. The second-order valence-electron chi connectivity index (χ2n) is 8.47. The van der Waals surface area contributed by atoms with Crippen LogP contribution < -0.4 is 5.56 Å². The number of hydrogen-bond acceptors (Lipinski definition) is 4. The molecule has 1 aliphatic heterocycles. The van der Waals surface area contributed by atoms with Gasteiger partial charge in [0.15, 0.2) is 0 Å². The van der Waals surface area contributed by atoms with Crippen LogP contribution in [0.4, 0.5) is 0 Å². The normalized spacial score (nSPS) is 16.6. The Morgan fingerprint density at radius 1 is 1.19 bits per heavy atom. The van der Waals surface area contributed by atoms with Gasteiger partial charge in [0.05, 0.1) is 11.0 Å². The zero-order valence-electron chi connectivity index (χ0n) is 19.0. The third kappa shape index (κ3) is 4.48. The van der Waals surface area contributed by atoms with Crippen LogP contribution in [-0.2, 0) is 17.8 Å². The molecule has 0 aliphatic carbocycles. The van der Waals surface area contributed by atoms with Gasteiger partial charge in [0.2, 0.25) is 0 Å². The van der Waals surface area contributed by atoms with E-state index in [2.05, 4.69) is 17.6 Å². The number of imidazole rings is 1. The number of nitrogens with zero attached hydrogens (tertiary/aromatic N) is 4. The first-order chi connectivity index (χ1) is 15.6. The van der Waals surface area contributed by atoms with Crippen LogP contribution in [-0.4, -0.2) is 51.7 Å². The molecular weight excluding hydrogens is 404 g/mol. The van der Waals surface area contributed by atoms with Gasteiger partial charge in [0, 0.05) is 52.0 Å². The number of benzene rings is 1. The first-order valence-electron chi connectivity index (χ1n) is 11.6. The number of para-hydroxylation sites is 2. The summed E-state index contributed by atoms with van der Waals surface area (Å²) in [6.07, 6.45) is 5.39. The SMILES string of the molecule is CCCn1c(C2CCCN(C(=O)c3cccn(CCCOC)c3=O)C2)nc2ccccc21. The average Bonchev–Trinajstić information content (AvgIpc) is 3.19. The fourth-order valence-corrected chi connectivity index (χ4v) is 4.66. The summed E-state index contributed by atoms with van der Waals surface area (Å²) in [5.41, 5.74) is 2.16. The van der Waals surface area contributed by atoms with Crippen molar-refractivity contribution in [1.82, 2.24) is 19.0 Å². The molecule has 0 saturated carbocycles. The molecule has 1 unspecified atom stereocenters. The molecule has 1 aromatic carbocycles. The first-order valence-corrected chi connectivity index (χ1v) is 11.6. The molecule has 1 atom stereocenters. The van der Waals surface area contributed by atoms with Crippen molar-refractivity contribution < 1.29 is 9.53 Å². The summed E-state index contributed by atoms with van der Waals surface area (Å²) in [7, 11) is 1.64. The Balaban J connectivity index is 1.57. The lowest BCUT2D eigenvalue weighted by Crippen LogP contribution is -2.42. The fraction of sp³-hybridized carbons (Fsp3) is 0.480. The van der Waals surface area contributed by atoms with Gasteiger partial charge in [-0.3, -0.25) is 9.59 Å². The Morgan fingerprint density at radius 3 is 2.84 bits per heavy atom. The van der Waals surface area contributed by atoms with Gasteiger partial charge in [-0.05, 0) is 49.9 Å². The number of fused-ring (bicyclic) bond motifs is 1. The third-order valence-electron chi connectivity index (χ3n) is 6.20. The van der Waals surface area contributed by atoms with Crippen molar-refractivity contribution in [3.8, 4) is 0 Å². The third-order valence-corrected chi connectivity index (χ3v) is 6.20. The van der Waals surface area contributed by atoms with E-state index in [0.29, 0.717) is 26.2 Å². The summed E-state index contributed by atoms with van der Waals surface area (Å²) >= 11 is 0. The molecule has 1 saturated heterocycles. The van der Waals surface area contributed by atoms with E-state index in [4.69, 9.17) is 9.72 Å². The molecule has 170 valence electrons. The summed E-state index contributed by atoms with van der Waals surface area (Å²) in [6, 6.07) is 11.6. The maximum absolute atomic E-state index is 13.3. The second-order valence-corrected chi connectivity index (χ2v) is 8.47. The van der Waals surface area contributed by atoms with Crippen LogP contribution in [0.15, 0.2) is 47.4 Å². The fourth-order valence-electron chi connectivity index (χ4n) is 4.66. The highest BCUT2D eigenvalue weighted by Crippen LogP contribution is 2.30. The predicted octanol–water partition coefficient (Wildman–Crippen LogP) is 3.66. The zero-order chi connectivity index (χ0) is 22.5. The molecule has 32 heavy (non-hydrogen) atoms. The number of hydrogen-bond donors (Lipinski definition) is 0. The molecule has 0 bridgehead atoms. The number of piperidine rings is 1. The van der Waals surface area contributed by atoms with Crippen molar-refractivity contribution in [2.45, 2.75) is 51.6 Å². The van der Waals surface area contributed by atoms with E-state index in [0.717, 1.165) is 49.1 Å². The van der Waals surface area contributed by atoms with Crippen molar-refractivity contribution >= 4 is 16.9 Å². The van der Waals surface area contributed by atoms with Gasteiger partial charge in [-0.25, -0.2) is 4.98 Å². The van der Waals surface area contributed by atoms with E-state index in [1.54, 1.807) is 30.0 Å². The standard InChI is InChI=1S/C25H32N4O3/c1-3-13-29-22-12-5-4-11-21(22)26-23(29)19-9-6-15-28(18-19)25(31)20-10-7-14-27(24(20)30)16-8-17-32-2/h4-5,7,10-12,14,19H,3,6,8-9,13,15-18H2,1-2H3. The zero-order valence-corrected chi connectivity index (χ0v) is 19.0. The van der Waals surface area contributed by atoms with Crippen LogP contribution in [0.2, 0.25) is 0 Å². The smallest absolute Gasteiger partial charge is 0.263 e. The van der Waals surface area contributed by atoms with Gasteiger partial charge < -0.3 is 18.8 Å². The molecule has 2 aromatic heterocycles. The van der Waals surface area contributed by atoms with E-state index in [9.17, 15) is 9.59 Å². The van der Waals surface area contributed by atoms with Crippen LogP contribution in [0.1, 0.15) is 54.7 Å². The van der Waals surface area contributed by atoms with E-state index < -0.39 is 0 Å². The van der Waals surface area contributed by atoms with E-state index >= 15 is 0 Å². The summed E-state index contributed by atoms with van der Waals surface area (Å²) in [6.45, 7) is 5.45.